The number of furan rings is 1. The molecule has 0 fully saturated rings. The van der Waals surface area contributed by atoms with E-state index in [0.29, 0.717) is 16.5 Å². The molecule has 0 aliphatic rings. The molecule has 0 bridgehead atoms. The number of benzene rings is 2. The average Bonchev–Trinajstić information content (AvgIpc) is 3.18. The number of hydrogen-bond donors (Lipinski definition) is 2. The lowest BCUT2D eigenvalue weighted by Crippen LogP contribution is -2.43. The molecule has 1 aromatic heterocycles. The monoisotopic (exact) mass is 455 g/mol. The zero-order chi connectivity index (χ0) is 24.0. The number of nitrogens with zero attached hydrogens (tertiary/aromatic N) is 1. The number of ether oxygens (including phenoxy) is 2. The molecule has 0 aliphatic carbocycles. The molecule has 0 unspecified atom stereocenters. The molecule has 0 spiro atoms. The van der Waals surface area contributed by atoms with Crippen LogP contribution in [0, 0.1) is 10.1 Å². The van der Waals surface area contributed by atoms with Crippen LogP contribution in [0.5, 0.6) is 0 Å². The SMILES string of the molecule is CC(C)OCc1c(C(=O)OCC(=O)NNC(=O)c2ccc([N+](=O)[O-])cc2)oc2ccccc12. The van der Waals surface area contributed by atoms with Crippen molar-refractivity contribution in [2.45, 2.75) is 26.6 Å². The first-order valence-corrected chi connectivity index (χ1v) is 9.89. The van der Waals surface area contributed by atoms with Crippen LogP contribution in [-0.2, 0) is 20.9 Å². The Morgan fingerprint density at radius 1 is 1.06 bits per heavy atom. The van der Waals surface area contributed by atoms with Gasteiger partial charge in [-0.1, -0.05) is 18.2 Å². The van der Waals surface area contributed by atoms with E-state index in [9.17, 15) is 24.5 Å². The first-order chi connectivity index (χ1) is 15.8. The highest BCUT2D eigenvalue weighted by molar-refractivity contribution is 5.98. The Labute approximate surface area is 187 Å². The first kappa shape index (κ1) is 23.4. The maximum Gasteiger partial charge on any atom is 0.375 e. The van der Waals surface area contributed by atoms with E-state index in [1.165, 1.54) is 12.1 Å². The quantitative estimate of drug-likeness (QED) is 0.299. The van der Waals surface area contributed by atoms with Crippen LogP contribution in [0.25, 0.3) is 11.0 Å². The number of fused-ring (bicyclic) bond motifs is 1. The van der Waals surface area contributed by atoms with E-state index in [0.717, 1.165) is 12.1 Å². The minimum Gasteiger partial charge on any atom is -0.450 e. The number of amides is 2. The van der Waals surface area contributed by atoms with Crippen LogP contribution in [0.3, 0.4) is 0 Å². The Morgan fingerprint density at radius 3 is 2.42 bits per heavy atom. The summed E-state index contributed by atoms with van der Waals surface area (Å²) in [4.78, 5) is 46.6. The van der Waals surface area contributed by atoms with Crippen molar-refractivity contribution in [3.05, 3.63) is 75.5 Å². The normalized spacial score (nSPS) is 10.8. The molecule has 2 aromatic carbocycles. The average molecular weight is 455 g/mol. The van der Waals surface area contributed by atoms with Crippen molar-refractivity contribution >= 4 is 34.4 Å². The topological polar surface area (TPSA) is 150 Å². The fraction of sp³-hybridized carbons (Fsp3) is 0.227. The maximum absolute atomic E-state index is 12.5. The minimum atomic E-state index is -0.856. The number of nitro benzene ring substituents is 1. The van der Waals surface area contributed by atoms with Crippen molar-refractivity contribution in [2.24, 2.45) is 0 Å². The third-order valence-electron chi connectivity index (χ3n) is 4.43. The molecule has 0 saturated heterocycles. The minimum absolute atomic E-state index is 0.0698. The van der Waals surface area contributed by atoms with Crippen molar-refractivity contribution in [2.75, 3.05) is 6.61 Å². The van der Waals surface area contributed by atoms with Crippen molar-refractivity contribution in [3.8, 4) is 0 Å². The standard InChI is InChI=1S/C22H21N3O8/c1-13(2)31-11-17-16-5-3-4-6-18(16)33-20(17)22(28)32-12-19(26)23-24-21(27)14-7-9-15(10-8-14)25(29)30/h3-10,13H,11-12H2,1-2H3,(H,23,26)(H,24,27). The van der Waals surface area contributed by atoms with Crippen molar-refractivity contribution in [1.29, 1.82) is 0 Å². The molecule has 172 valence electrons. The highest BCUT2D eigenvalue weighted by atomic mass is 16.6. The lowest BCUT2D eigenvalue weighted by Gasteiger charge is -2.09. The van der Waals surface area contributed by atoms with Crippen LogP contribution < -0.4 is 10.9 Å². The number of esters is 1. The fourth-order valence-electron chi connectivity index (χ4n) is 2.82. The van der Waals surface area contributed by atoms with Gasteiger partial charge in [-0.15, -0.1) is 0 Å². The maximum atomic E-state index is 12.5. The second kappa shape index (κ2) is 10.4. The van der Waals surface area contributed by atoms with E-state index >= 15 is 0 Å². The largest absolute Gasteiger partial charge is 0.450 e. The zero-order valence-corrected chi connectivity index (χ0v) is 17.8. The van der Waals surface area contributed by atoms with Gasteiger partial charge in [-0.2, -0.15) is 0 Å². The van der Waals surface area contributed by atoms with Gasteiger partial charge in [0.15, 0.2) is 6.61 Å². The van der Waals surface area contributed by atoms with Gasteiger partial charge in [0, 0.05) is 28.6 Å². The van der Waals surface area contributed by atoms with Crippen molar-refractivity contribution in [3.63, 3.8) is 0 Å². The number of rotatable bonds is 8. The van der Waals surface area contributed by atoms with Crippen LogP contribution in [0.1, 0.15) is 40.3 Å². The molecular weight excluding hydrogens is 434 g/mol. The second-order valence-electron chi connectivity index (χ2n) is 7.15. The van der Waals surface area contributed by atoms with E-state index in [2.05, 4.69) is 10.9 Å². The number of para-hydroxylation sites is 1. The summed E-state index contributed by atoms with van der Waals surface area (Å²) in [5, 5.41) is 11.4. The van der Waals surface area contributed by atoms with Gasteiger partial charge in [0.05, 0.1) is 17.6 Å². The van der Waals surface area contributed by atoms with Gasteiger partial charge in [0.25, 0.3) is 17.5 Å². The molecule has 1 heterocycles. The summed E-state index contributed by atoms with van der Waals surface area (Å²) in [6.07, 6.45) is -0.0762. The summed E-state index contributed by atoms with van der Waals surface area (Å²) in [5.41, 5.74) is 5.14. The Morgan fingerprint density at radius 2 is 1.76 bits per heavy atom. The molecule has 11 nitrogen and oxygen atoms in total. The van der Waals surface area contributed by atoms with Crippen LogP contribution in [0.15, 0.2) is 52.9 Å². The lowest BCUT2D eigenvalue weighted by molar-refractivity contribution is -0.384. The Hall–Kier alpha value is -4.25. The molecule has 3 rings (SSSR count). The van der Waals surface area contributed by atoms with E-state index < -0.39 is 29.3 Å². The van der Waals surface area contributed by atoms with Gasteiger partial charge < -0.3 is 13.9 Å². The molecule has 11 heteroatoms. The van der Waals surface area contributed by atoms with Crippen LogP contribution >= 0.6 is 0 Å². The number of carbonyl (C=O) groups excluding carboxylic acids is 3. The molecule has 2 amide bonds. The zero-order valence-electron chi connectivity index (χ0n) is 17.8. The Balaban J connectivity index is 1.57. The van der Waals surface area contributed by atoms with Crippen LogP contribution in [-0.4, -0.2) is 35.4 Å². The van der Waals surface area contributed by atoms with Crippen LogP contribution in [0.2, 0.25) is 0 Å². The van der Waals surface area contributed by atoms with E-state index in [4.69, 9.17) is 13.9 Å². The number of carbonyl (C=O) groups is 3. The van der Waals surface area contributed by atoms with Crippen molar-refractivity contribution in [1.82, 2.24) is 10.9 Å². The number of nitrogens with one attached hydrogen (secondary N) is 2. The first-order valence-electron chi connectivity index (χ1n) is 9.89. The predicted octanol–water partition coefficient (Wildman–Crippen LogP) is 2.88. The van der Waals surface area contributed by atoms with Gasteiger partial charge >= 0.3 is 5.97 Å². The van der Waals surface area contributed by atoms with Gasteiger partial charge in [-0.05, 0) is 32.0 Å². The Kier molecular flexibility index (Phi) is 7.36. The van der Waals surface area contributed by atoms with E-state index in [-0.39, 0.29) is 29.7 Å². The molecule has 3 aromatic rings. The number of hydrogen-bond acceptors (Lipinski definition) is 8. The third-order valence-corrected chi connectivity index (χ3v) is 4.43. The highest BCUT2D eigenvalue weighted by Gasteiger charge is 2.23. The van der Waals surface area contributed by atoms with E-state index in [1.807, 2.05) is 13.8 Å². The van der Waals surface area contributed by atoms with Gasteiger partial charge in [0.1, 0.15) is 5.58 Å². The van der Waals surface area contributed by atoms with Gasteiger partial charge in [-0.25, -0.2) is 4.79 Å². The molecule has 2 N–H and O–H groups in total. The van der Waals surface area contributed by atoms with Crippen LogP contribution in [0.4, 0.5) is 5.69 Å². The van der Waals surface area contributed by atoms with E-state index in [1.54, 1.807) is 24.3 Å². The summed E-state index contributed by atoms with van der Waals surface area (Å²) in [5.74, 6) is -2.42. The molecule has 33 heavy (non-hydrogen) atoms. The summed E-state index contributed by atoms with van der Waals surface area (Å²) < 4.78 is 16.2. The second-order valence-corrected chi connectivity index (χ2v) is 7.15. The number of non-ortho nitro benzene ring substituents is 1. The number of nitro groups is 1. The van der Waals surface area contributed by atoms with Gasteiger partial charge in [-0.3, -0.25) is 30.6 Å². The number of hydrazine groups is 1. The molecular formula is C22H21N3O8. The predicted molar refractivity (Wildman–Crippen MR) is 115 cm³/mol. The molecule has 0 atom stereocenters. The van der Waals surface area contributed by atoms with Crippen molar-refractivity contribution < 1.29 is 33.2 Å². The summed E-state index contributed by atoms with van der Waals surface area (Å²) in [6.45, 7) is 3.16. The lowest BCUT2D eigenvalue weighted by atomic mass is 10.1. The smallest absolute Gasteiger partial charge is 0.375 e. The summed E-state index contributed by atoms with van der Waals surface area (Å²) >= 11 is 0. The highest BCUT2D eigenvalue weighted by Crippen LogP contribution is 2.27. The molecule has 0 saturated carbocycles. The fourth-order valence-corrected chi connectivity index (χ4v) is 2.82. The van der Waals surface area contributed by atoms with Gasteiger partial charge in [0.2, 0.25) is 5.76 Å². The molecule has 0 radical (unpaired) electrons. The Bertz CT molecular complexity index is 1180. The molecule has 0 aliphatic heterocycles. The summed E-state index contributed by atoms with van der Waals surface area (Å²) in [7, 11) is 0. The third kappa shape index (κ3) is 5.92. The summed E-state index contributed by atoms with van der Waals surface area (Å²) in [6, 6.07) is 11.8.